The van der Waals surface area contributed by atoms with E-state index in [2.05, 4.69) is 16.5 Å². The normalized spacial score (nSPS) is 20.7. The average molecular weight is 426 g/mol. The van der Waals surface area contributed by atoms with Gasteiger partial charge in [-0.15, -0.1) is 0 Å². The van der Waals surface area contributed by atoms with Crippen molar-refractivity contribution in [3.8, 4) is 6.07 Å². The SMILES string of the molecule is N#CC1CC(n2cc(C(N)=O)c(Nc3ccc(F)cc3)n2)CCN1C(=O)OCC1CC1. The van der Waals surface area contributed by atoms with Gasteiger partial charge in [-0.3, -0.25) is 14.4 Å². The Kier molecular flexibility index (Phi) is 5.75. The number of nitriles is 1. The maximum Gasteiger partial charge on any atom is 0.410 e. The largest absolute Gasteiger partial charge is 0.449 e. The summed E-state index contributed by atoms with van der Waals surface area (Å²) in [7, 11) is 0. The summed E-state index contributed by atoms with van der Waals surface area (Å²) in [6.07, 6.45) is 4.12. The molecule has 0 spiro atoms. The van der Waals surface area contributed by atoms with Crippen molar-refractivity contribution in [3.63, 3.8) is 0 Å². The van der Waals surface area contributed by atoms with Gasteiger partial charge in [0.25, 0.3) is 5.91 Å². The van der Waals surface area contributed by atoms with Crippen LogP contribution >= 0.6 is 0 Å². The van der Waals surface area contributed by atoms with Gasteiger partial charge >= 0.3 is 6.09 Å². The van der Waals surface area contributed by atoms with Crippen LogP contribution in [0.15, 0.2) is 30.5 Å². The predicted molar refractivity (Wildman–Crippen MR) is 109 cm³/mol. The van der Waals surface area contributed by atoms with E-state index in [0.717, 1.165) is 12.8 Å². The molecule has 2 heterocycles. The van der Waals surface area contributed by atoms with Crippen molar-refractivity contribution in [2.24, 2.45) is 11.7 Å². The molecule has 1 aromatic carbocycles. The Morgan fingerprint density at radius 2 is 2.03 bits per heavy atom. The maximum absolute atomic E-state index is 13.1. The summed E-state index contributed by atoms with van der Waals surface area (Å²) < 4.78 is 20.1. The van der Waals surface area contributed by atoms with E-state index in [9.17, 15) is 19.2 Å². The summed E-state index contributed by atoms with van der Waals surface area (Å²) >= 11 is 0. The number of likely N-dealkylation sites (tertiary alicyclic amines) is 1. The number of ether oxygens (including phenoxy) is 1. The van der Waals surface area contributed by atoms with Gasteiger partial charge in [0.2, 0.25) is 0 Å². The summed E-state index contributed by atoms with van der Waals surface area (Å²) in [5, 5.41) is 17.0. The topological polar surface area (TPSA) is 126 Å². The Hall–Kier alpha value is -3.61. The van der Waals surface area contributed by atoms with Gasteiger partial charge in [-0.05, 0) is 49.4 Å². The first-order valence-electron chi connectivity index (χ1n) is 10.2. The van der Waals surface area contributed by atoms with Crippen LogP contribution in [0.1, 0.15) is 42.1 Å². The van der Waals surface area contributed by atoms with E-state index in [0.29, 0.717) is 37.6 Å². The molecular weight excluding hydrogens is 403 g/mol. The molecule has 9 nitrogen and oxygen atoms in total. The lowest BCUT2D eigenvalue weighted by Gasteiger charge is -2.35. The number of piperidine rings is 1. The molecule has 1 saturated heterocycles. The standard InChI is InChI=1S/C21H23FN6O3/c22-14-3-5-15(6-4-14)25-20-18(19(24)29)11-28(26-20)16-7-8-27(17(9-16)10-23)21(30)31-12-13-1-2-13/h3-6,11,13,16-17H,1-2,7-9,12H2,(H2,24,29)(H,25,26). The fourth-order valence-electron chi connectivity index (χ4n) is 3.61. The summed E-state index contributed by atoms with van der Waals surface area (Å²) in [4.78, 5) is 25.7. The second-order valence-electron chi connectivity index (χ2n) is 7.90. The highest BCUT2D eigenvalue weighted by atomic mass is 19.1. The minimum Gasteiger partial charge on any atom is -0.449 e. The molecule has 1 aliphatic carbocycles. The van der Waals surface area contributed by atoms with Gasteiger partial charge in [0.15, 0.2) is 5.82 Å². The molecule has 4 rings (SSSR count). The summed E-state index contributed by atoms with van der Waals surface area (Å²) in [5.41, 5.74) is 6.24. The van der Waals surface area contributed by atoms with Crippen LogP contribution in [0.4, 0.5) is 20.7 Å². The van der Waals surface area contributed by atoms with E-state index in [-0.39, 0.29) is 23.2 Å². The molecule has 1 aliphatic heterocycles. The fourth-order valence-corrected chi connectivity index (χ4v) is 3.61. The Morgan fingerprint density at radius 1 is 1.29 bits per heavy atom. The number of hydrogen-bond acceptors (Lipinski definition) is 6. The molecule has 2 atom stereocenters. The van der Waals surface area contributed by atoms with Crippen LogP contribution in [0.3, 0.4) is 0 Å². The third-order valence-corrected chi connectivity index (χ3v) is 5.58. The minimum atomic E-state index is -0.659. The summed E-state index contributed by atoms with van der Waals surface area (Å²) in [6, 6.07) is 6.95. The van der Waals surface area contributed by atoms with Crippen molar-refractivity contribution in [1.82, 2.24) is 14.7 Å². The van der Waals surface area contributed by atoms with Crippen LogP contribution in [-0.2, 0) is 4.74 Å². The second-order valence-corrected chi connectivity index (χ2v) is 7.90. The molecular formula is C21H23FN6O3. The van der Waals surface area contributed by atoms with Crippen LogP contribution in [0.5, 0.6) is 0 Å². The number of rotatable bonds is 6. The van der Waals surface area contributed by atoms with Crippen molar-refractivity contribution in [2.75, 3.05) is 18.5 Å². The van der Waals surface area contributed by atoms with Gasteiger partial charge in [0.1, 0.15) is 17.4 Å². The number of hydrogen-bond donors (Lipinski definition) is 2. The Balaban J connectivity index is 1.47. The Labute approximate surface area is 178 Å². The van der Waals surface area contributed by atoms with Gasteiger partial charge in [-0.25, -0.2) is 9.18 Å². The minimum absolute atomic E-state index is 0.184. The van der Waals surface area contributed by atoms with E-state index in [1.807, 2.05) is 0 Å². The summed E-state index contributed by atoms with van der Waals surface area (Å²) in [6.45, 7) is 0.745. The van der Waals surface area contributed by atoms with Crippen LogP contribution in [-0.4, -0.2) is 45.9 Å². The van der Waals surface area contributed by atoms with Crippen molar-refractivity contribution in [1.29, 1.82) is 5.26 Å². The number of primary amides is 1. The zero-order chi connectivity index (χ0) is 22.0. The predicted octanol–water partition coefficient (Wildman–Crippen LogP) is 2.94. The number of benzene rings is 1. The molecule has 0 radical (unpaired) electrons. The summed E-state index contributed by atoms with van der Waals surface area (Å²) in [5.74, 6) is -0.339. The number of halogens is 1. The first-order valence-corrected chi connectivity index (χ1v) is 10.2. The molecule has 1 aromatic heterocycles. The van der Waals surface area contributed by atoms with Gasteiger partial charge < -0.3 is 15.8 Å². The molecule has 162 valence electrons. The van der Waals surface area contributed by atoms with Gasteiger partial charge in [-0.2, -0.15) is 10.4 Å². The number of carbonyl (C=O) groups is 2. The third kappa shape index (κ3) is 4.77. The van der Waals surface area contributed by atoms with Crippen LogP contribution < -0.4 is 11.1 Å². The van der Waals surface area contributed by atoms with E-state index < -0.39 is 18.0 Å². The lowest BCUT2D eigenvalue weighted by atomic mass is 9.98. The molecule has 31 heavy (non-hydrogen) atoms. The highest BCUT2D eigenvalue weighted by Crippen LogP contribution is 2.31. The molecule has 0 bridgehead atoms. The van der Waals surface area contributed by atoms with Gasteiger partial charge in [0.05, 0.1) is 18.7 Å². The number of aromatic nitrogens is 2. The lowest BCUT2D eigenvalue weighted by molar-refractivity contribution is 0.0712. The number of nitrogens with two attached hydrogens (primary N) is 1. The zero-order valence-electron chi connectivity index (χ0n) is 16.8. The number of nitrogens with one attached hydrogen (secondary N) is 1. The molecule has 2 aromatic rings. The van der Waals surface area contributed by atoms with Gasteiger partial charge in [0, 0.05) is 24.8 Å². The van der Waals surface area contributed by atoms with E-state index >= 15 is 0 Å². The fraction of sp³-hybridized carbons (Fsp3) is 0.429. The quantitative estimate of drug-likeness (QED) is 0.731. The molecule has 2 aliphatic rings. The lowest BCUT2D eigenvalue weighted by Crippen LogP contribution is -2.46. The molecule has 2 fully saturated rings. The van der Waals surface area contributed by atoms with Gasteiger partial charge in [-0.1, -0.05) is 0 Å². The molecule has 1 saturated carbocycles. The monoisotopic (exact) mass is 426 g/mol. The average Bonchev–Trinajstić information content (AvgIpc) is 3.50. The number of anilines is 2. The Bertz CT molecular complexity index is 1010. The molecule has 3 N–H and O–H groups in total. The van der Waals surface area contributed by atoms with Crippen molar-refractivity contribution < 1.29 is 18.7 Å². The number of amides is 2. The molecule has 2 amide bonds. The van der Waals surface area contributed by atoms with E-state index in [1.54, 1.807) is 4.68 Å². The van der Waals surface area contributed by atoms with Crippen LogP contribution in [0.25, 0.3) is 0 Å². The van der Waals surface area contributed by atoms with Crippen molar-refractivity contribution in [3.05, 3.63) is 41.8 Å². The highest BCUT2D eigenvalue weighted by molar-refractivity contribution is 5.98. The second kappa shape index (κ2) is 8.63. The number of nitrogens with zero attached hydrogens (tertiary/aromatic N) is 4. The van der Waals surface area contributed by atoms with E-state index in [4.69, 9.17) is 10.5 Å². The van der Waals surface area contributed by atoms with Crippen LogP contribution in [0, 0.1) is 23.1 Å². The van der Waals surface area contributed by atoms with Crippen molar-refractivity contribution >= 4 is 23.5 Å². The smallest absolute Gasteiger partial charge is 0.410 e. The van der Waals surface area contributed by atoms with Crippen molar-refractivity contribution in [2.45, 2.75) is 37.8 Å². The Morgan fingerprint density at radius 3 is 2.68 bits per heavy atom. The maximum atomic E-state index is 13.1. The van der Waals surface area contributed by atoms with Crippen LogP contribution in [0.2, 0.25) is 0 Å². The first-order chi connectivity index (χ1) is 14.9. The zero-order valence-corrected chi connectivity index (χ0v) is 16.8. The van der Waals surface area contributed by atoms with E-state index in [1.165, 1.54) is 35.4 Å². The first kappa shape index (κ1) is 20.7. The molecule has 2 unspecified atom stereocenters. The molecule has 10 heteroatoms. The third-order valence-electron chi connectivity index (χ3n) is 5.58. The highest BCUT2D eigenvalue weighted by Gasteiger charge is 2.35. The number of carbonyl (C=O) groups excluding carboxylic acids is 2.